The average molecular weight is 515 g/mol. The van der Waals surface area contributed by atoms with Crippen molar-refractivity contribution in [1.29, 1.82) is 0 Å². The van der Waals surface area contributed by atoms with Gasteiger partial charge in [0.25, 0.3) is 0 Å². The molecule has 0 heterocycles. The van der Waals surface area contributed by atoms with Gasteiger partial charge in [-0.3, -0.25) is 0 Å². The molecule has 2 heteroatoms. The fraction of sp³-hybridized carbons (Fsp3) is 0.500. The predicted molar refractivity (Wildman–Crippen MR) is 164 cm³/mol. The molecule has 38 heavy (non-hydrogen) atoms. The van der Waals surface area contributed by atoms with Gasteiger partial charge in [-0.05, 0) is 59.7 Å². The van der Waals surface area contributed by atoms with Crippen LogP contribution in [0.1, 0.15) is 109 Å². The number of unbranched alkanes of at least 4 members (excludes halogenated alkanes) is 10. The number of rotatable bonds is 19. The van der Waals surface area contributed by atoms with E-state index in [0.29, 0.717) is 0 Å². The summed E-state index contributed by atoms with van der Waals surface area (Å²) in [6.07, 6.45) is 15.6. The van der Waals surface area contributed by atoms with Crippen LogP contribution in [0.15, 0.2) is 72.8 Å². The molecule has 0 bridgehead atoms. The highest BCUT2D eigenvalue weighted by atomic mass is 16.5. The summed E-state index contributed by atoms with van der Waals surface area (Å²) in [4.78, 5) is 0. The molecule has 0 saturated carbocycles. The molecule has 3 aromatic carbocycles. The molecule has 0 aliphatic rings. The van der Waals surface area contributed by atoms with Crippen LogP contribution in [0.25, 0.3) is 22.3 Å². The molecule has 0 aromatic heterocycles. The van der Waals surface area contributed by atoms with E-state index in [1.54, 1.807) is 0 Å². The van der Waals surface area contributed by atoms with Crippen LogP contribution in [0, 0.1) is 0 Å². The maximum atomic E-state index is 6.11. The smallest absolute Gasteiger partial charge is 0.119 e. The molecule has 0 aliphatic heterocycles. The van der Waals surface area contributed by atoms with Crippen molar-refractivity contribution in [3.8, 4) is 28.0 Å². The molecule has 0 spiro atoms. The summed E-state index contributed by atoms with van der Waals surface area (Å²) in [5, 5.41) is 0. The molecule has 0 saturated heterocycles. The summed E-state index contributed by atoms with van der Waals surface area (Å²) in [6.45, 7) is 8.32. The second kappa shape index (κ2) is 17.8. The Kier molecular flexibility index (Phi) is 14.1. The zero-order valence-electron chi connectivity index (χ0n) is 24.2. The summed E-state index contributed by atoms with van der Waals surface area (Å²) in [6, 6.07) is 26.1. The monoisotopic (exact) mass is 514 g/mol. The van der Waals surface area contributed by atoms with Gasteiger partial charge in [-0.2, -0.15) is 0 Å². The zero-order valence-corrected chi connectivity index (χ0v) is 24.2. The summed E-state index contributed by atoms with van der Waals surface area (Å²) in [5.74, 6) is 0.959. The van der Waals surface area contributed by atoms with Crippen molar-refractivity contribution in [2.75, 3.05) is 13.2 Å². The van der Waals surface area contributed by atoms with E-state index in [2.05, 4.69) is 93.6 Å². The number of ether oxygens (including phenoxy) is 2. The molecule has 0 aliphatic carbocycles. The van der Waals surface area contributed by atoms with Crippen LogP contribution in [0.3, 0.4) is 0 Å². The van der Waals surface area contributed by atoms with E-state index in [4.69, 9.17) is 9.47 Å². The molecule has 1 atom stereocenters. The lowest BCUT2D eigenvalue weighted by atomic mass is 9.94. The van der Waals surface area contributed by atoms with Crippen LogP contribution in [0.4, 0.5) is 0 Å². The van der Waals surface area contributed by atoms with Crippen LogP contribution < -0.4 is 4.74 Å². The molecule has 0 N–H and O–H groups in total. The van der Waals surface area contributed by atoms with Crippen LogP contribution >= 0.6 is 0 Å². The van der Waals surface area contributed by atoms with Gasteiger partial charge in [0, 0.05) is 6.61 Å². The first-order chi connectivity index (χ1) is 18.7. The summed E-state index contributed by atoms with van der Waals surface area (Å²) in [7, 11) is 0. The fourth-order valence-corrected chi connectivity index (χ4v) is 4.96. The third kappa shape index (κ3) is 10.3. The molecule has 2 nitrogen and oxygen atoms in total. The lowest BCUT2D eigenvalue weighted by molar-refractivity contribution is 0.0627. The largest absolute Gasteiger partial charge is 0.494 e. The quantitative estimate of drug-likeness (QED) is 0.148. The molecule has 3 rings (SSSR count). The van der Waals surface area contributed by atoms with Gasteiger partial charge in [-0.1, -0.05) is 139 Å². The Hall–Kier alpha value is -2.58. The molecule has 206 valence electrons. The Morgan fingerprint density at radius 2 is 1.00 bits per heavy atom. The second-order valence-electron chi connectivity index (χ2n) is 10.6. The van der Waals surface area contributed by atoms with Crippen LogP contribution in [-0.2, 0) is 4.74 Å². The number of hydrogen-bond donors (Lipinski definition) is 0. The topological polar surface area (TPSA) is 18.5 Å². The number of hydrogen-bond acceptors (Lipinski definition) is 2. The van der Waals surface area contributed by atoms with Gasteiger partial charge >= 0.3 is 0 Å². The van der Waals surface area contributed by atoms with Crippen LogP contribution in [0.2, 0.25) is 0 Å². The summed E-state index contributed by atoms with van der Waals surface area (Å²) < 4.78 is 12.1. The molecule has 1 unspecified atom stereocenters. The van der Waals surface area contributed by atoms with Crippen molar-refractivity contribution in [2.24, 2.45) is 0 Å². The third-order valence-electron chi connectivity index (χ3n) is 7.42. The maximum absolute atomic E-state index is 6.11. The Morgan fingerprint density at radius 1 is 0.526 bits per heavy atom. The van der Waals surface area contributed by atoms with Gasteiger partial charge in [-0.25, -0.2) is 0 Å². The van der Waals surface area contributed by atoms with Crippen molar-refractivity contribution in [3.05, 3.63) is 78.4 Å². The van der Waals surface area contributed by atoms with Crippen LogP contribution in [-0.4, -0.2) is 13.2 Å². The van der Waals surface area contributed by atoms with E-state index in [-0.39, 0.29) is 6.10 Å². The minimum Gasteiger partial charge on any atom is -0.494 e. The van der Waals surface area contributed by atoms with E-state index in [9.17, 15) is 0 Å². The first kappa shape index (κ1) is 30.0. The second-order valence-corrected chi connectivity index (χ2v) is 10.6. The standard InChI is InChI=1S/C36H50O2/c1-4-6-8-10-11-13-17-29-38-34-26-24-33(25-27-34)36-19-15-14-18-35(36)32-22-20-31(21-23-32)30(3)37-28-16-12-9-7-5-2/h14-15,18-27,30H,4-13,16-17,28-29H2,1-3H3. The molecule has 0 amide bonds. The highest BCUT2D eigenvalue weighted by Gasteiger charge is 2.10. The first-order valence-corrected chi connectivity index (χ1v) is 15.3. The van der Waals surface area contributed by atoms with Crippen molar-refractivity contribution < 1.29 is 9.47 Å². The van der Waals surface area contributed by atoms with Gasteiger partial charge in [0.2, 0.25) is 0 Å². The summed E-state index contributed by atoms with van der Waals surface area (Å²) >= 11 is 0. The van der Waals surface area contributed by atoms with Crippen molar-refractivity contribution in [2.45, 2.75) is 104 Å². The van der Waals surface area contributed by atoms with E-state index >= 15 is 0 Å². The fourth-order valence-electron chi connectivity index (χ4n) is 4.96. The first-order valence-electron chi connectivity index (χ1n) is 15.3. The van der Waals surface area contributed by atoms with E-state index in [0.717, 1.165) is 31.8 Å². The number of benzene rings is 3. The lowest BCUT2D eigenvalue weighted by Gasteiger charge is -2.15. The minimum absolute atomic E-state index is 0.124. The van der Waals surface area contributed by atoms with Gasteiger partial charge < -0.3 is 9.47 Å². The summed E-state index contributed by atoms with van der Waals surface area (Å²) in [5.41, 5.74) is 6.18. The molecule has 0 radical (unpaired) electrons. The van der Waals surface area contributed by atoms with Crippen molar-refractivity contribution in [3.63, 3.8) is 0 Å². The Morgan fingerprint density at radius 3 is 1.55 bits per heavy atom. The minimum atomic E-state index is 0.124. The lowest BCUT2D eigenvalue weighted by Crippen LogP contribution is -2.01. The van der Waals surface area contributed by atoms with E-state index < -0.39 is 0 Å². The normalized spacial score (nSPS) is 12.0. The molecule has 3 aromatic rings. The molecule has 0 fully saturated rings. The highest BCUT2D eigenvalue weighted by Crippen LogP contribution is 2.33. The Balaban J connectivity index is 1.52. The maximum Gasteiger partial charge on any atom is 0.119 e. The van der Waals surface area contributed by atoms with Crippen LogP contribution in [0.5, 0.6) is 5.75 Å². The van der Waals surface area contributed by atoms with Crippen molar-refractivity contribution in [1.82, 2.24) is 0 Å². The highest BCUT2D eigenvalue weighted by molar-refractivity contribution is 5.83. The van der Waals surface area contributed by atoms with E-state index in [1.807, 2.05) is 0 Å². The Labute approximate surface area is 232 Å². The van der Waals surface area contributed by atoms with Gasteiger partial charge in [-0.15, -0.1) is 0 Å². The van der Waals surface area contributed by atoms with Gasteiger partial charge in [0.15, 0.2) is 0 Å². The van der Waals surface area contributed by atoms with Crippen molar-refractivity contribution >= 4 is 0 Å². The average Bonchev–Trinajstić information content (AvgIpc) is 2.96. The SMILES string of the molecule is CCCCCCCCCOc1ccc(-c2ccccc2-c2ccc(C(C)OCCCCCCC)cc2)cc1. The van der Waals surface area contributed by atoms with E-state index in [1.165, 1.54) is 92.0 Å². The Bertz CT molecular complexity index is 1010. The zero-order chi connectivity index (χ0) is 26.8. The molecular formula is C36H50O2. The predicted octanol–water partition coefficient (Wildman–Crippen LogP) is 11.2. The third-order valence-corrected chi connectivity index (χ3v) is 7.42. The molecular weight excluding hydrogens is 464 g/mol. The van der Waals surface area contributed by atoms with Gasteiger partial charge in [0.1, 0.15) is 5.75 Å². The van der Waals surface area contributed by atoms with Gasteiger partial charge in [0.05, 0.1) is 12.7 Å².